The number of nitrogens with zero attached hydrogens (tertiary/aromatic N) is 1. The van der Waals surface area contributed by atoms with Gasteiger partial charge in [0.05, 0.1) is 5.57 Å². The summed E-state index contributed by atoms with van der Waals surface area (Å²) in [7, 11) is 2.86. The summed E-state index contributed by atoms with van der Waals surface area (Å²) in [5.74, 6) is -3.09. The molecule has 1 rings (SSSR count). The van der Waals surface area contributed by atoms with Crippen molar-refractivity contribution in [1.29, 1.82) is 0 Å². The van der Waals surface area contributed by atoms with E-state index in [9.17, 15) is 22.8 Å². The summed E-state index contributed by atoms with van der Waals surface area (Å²) in [5, 5.41) is 0. The van der Waals surface area contributed by atoms with Crippen LogP contribution in [0.5, 0.6) is 0 Å². The number of alkyl halides is 3. The maximum Gasteiger partial charge on any atom is 0.455 e. The molecule has 0 bridgehead atoms. The zero-order valence-electron chi connectivity index (χ0n) is 10.4. The van der Waals surface area contributed by atoms with Crippen LogP contribution in [0.25, 0.3) is 0 Å². The molecule has 0 atom stereocenters. The Kier molecular flexibility index (Phi) is 4.47. The second-order valence-corrected chi connectivity index (χ2v) is 4.03. The highest BCUT2D eigenvalue weighted by Gasteiger charge is 2.43. The van der Waals surface area contributed by atoms with E-state index in [2.05, 4.69) is 0 Å². The monoisotopic (exact) mass is 271 g/mol. The van der Waals surface area contributed by atoms with Crippen LogP contribution >= 0.6 is 0 Å². The molecule has 19 heavy (non-hydrogen) atoms. The number of hydrogen-bond donors (Lipinski definition) is 0. The van der Waals surface area contributed by atoms with Crippen molar-refractivity contribution in [2.75, 3.05) is 14.1 Å². The maximum absolute atomic E-state index is 12.5. The van der Waals surface area contributed by atoms with Gasteiger partial charge in [-0.1, -0.05) is 30.3 Å². The fraction of sp³-hybridized carbons (Fsp3) is 0.231. The minimum Gasteiger partial charge on any atom is -0.383 e. The van der Waals surface area contributed by atoms with Gasteiger partial charge in [0, 0.05) is 25.9 Å². The zero-order chi connectivity index (χ0) is 14.6. The second kappa shape index (κ2) is 5.69. The largest absolute Gasteiger partial charge is 0.455 e. The summed E-state index contributed by atoms with van der Waals surface area (Å²) in [6.07, 6.45) is -4.20. The van der Waals surface area contributed by atoms with E-state index < -0.39 is 23.3 Å². The molecule has 0 aliphatic carbocycles. The lowest BCUT2D eigenvalue weighted by Crippen LogP contribution is -2.29. The van der Waals surface area contributed by atoms with Gasteiger partial charge in [-0.25, -0.2) is 0 Å². The molecule has 0 radical (unpaired) electrons. The fourth-order valence-corrected chi connectivity index (χ4v) is 1.38. The topological polar surface area (TPSA) is 37.4 Å². The first-order valence-electron chi connectivity index (χ1n) is 5.33. The van der Waals surface area contributed by atoms with E-state index in [1.54, 1.807) is 6.07 Å². The van der Waals surface area contributed by atoms with E-state index in [1.165, 1.54) is 43.3 Å². The first-order chi connectivity index (χ1) is 8.73. The Morgan fingerprint density at radius 2 is 1.63 bits per heavy atom. The van der Waals surface area contributed by atoms with Crippen molar-refractivity contribution >= 4 is 11.6 Å². The molecule has 0 spiro atoms. The normalized spacial score (nSPS) is 12.2. The van der Waals surface area contributed by atoms with E-state index in [0.29, 0.717) is 0 Å². The van der Waals surface area contributed by atoms with Gasteiger partial charge >= 0.3 is 6.18 Å². The Labute approximate surface area is 108 Å². The molecule has 6 heteroatoms. The first-order valence-corrected chi connectivity index (χ1v) is 5.33. The fourth-order valence-electron chi connectivity index (χ4n) is 1.38. The summed E-state index contributed by atoms with van der Waals surface area (Å²) >= 11 is 0. The molecule has 1 aromatic carbocycles. The number of Topliss-reactive ketones (excluding diaryl/α,β-unsaturated/α-hetero) is 2. The highest BCUT2D eigenvalue weighted by Crippen LogP contribution is 2.23. The molecule has 0 amide bonds. The predicted octanol–water partition coefficient (Wildman–Crippen LogP) is 2.45. The molecule has 0 unspecified atom stereocenters. The first kappa shape index (κ1) is 14.9. The van der Waals surface area contributed by atoms with E-state index >= 15 is 0 Å². The smallest absolute Gasteiger partial charge is 0.383 e. The van der Waals surface area contributed by atoms with Gasteiger partial charge in [-0.2, -0.15) is 13.2 Å². The molecule has 0 saturated heterocycles. The number of carbonyl (C=O) groups is 2. The summed E-state index contributed by atoms with van der Waals surface area (Å²) < 4.78 is 37.4. The van der Waals surface area contributed by atoms with Crippen LogP contribution in [-0.2, 0) is 4.79 Å². The van der Waals surface area contributed by atoms with Crippen LogP contribution in [-0.4, -0.2) is 36.7 Å². The van der Waals surface area contributed by atoms with Crippen molar-refractivity contribution in [2.45, 2.75) is 6.18 Å². The average molecular weight is 271 g/mol. The maximum atomic E-state index is 12.5. The number of benzene rings is 1. The van der Waals surface area contributed by atoms with Crippen LogP contribution in [0.2, 0.25) is 0 Å². The Balaban J connectivity index is 3.21. The third-order valence-corrected chi connectivity index (χ3v) is 2.17. The van der Waals surface area contributed by atoms with Crippen LogP contribution in [0.4, 0.5) is 13.2 Å². The van der Waals surface area contributed by atoms with Crippen LogP contribution in [0.3, 0.4) is 0 Å². The van der Waals surface area contributed by atoms with Gasteiger partial charge in [-0.15, -0.1) is 0 Å². The Morgan fingerprint density at radius 3 is 2.05 bits per heavy atom. The number of allylic oxidation sites excluding steroid dienone is 1. The van der Waals surface area contributed by atoms with Gasteiger partial charge in [0.25, 0.3) is 5.78 Å². The summed E-state index contributed by atoms with van der Waals surface area (Å²) in [4.78, 5) is 24.4. The standard InChI is InChI=1S/C13H12F3NO2/c1-17(2)8-10(12(19)13(14,15)16)11(18)9-6-4-3-5-7-9/h3-8H,1-2H3. The molecule has 102 valence electrons. The Morgan fingerprint density at radius 1 is 1.11 bits per heavy atom. The zero-order valence-corrected chi connectivity index (χ0v) is 10.4. The molecular formula is C13H12F3NO2. The van der Waals surface area contributed by atoms with Gasteiger partial charge in [0.2, 0.25) is 0 Å². The quantitative estimate of drug-likeness (QED) is 0.365. The van der Waals surface area contributed by atoms with Gasteiger partial charge < -0.3 is 4.90 Å². The van der Waals surface area contributed by atoms with Crippen molar-refractivity contribution in [3.8, 4) is 0 Å². The molecule has 3 nitrogen and oxygen atoms in total. The molecule has 1 aromatic rings. The van der Waals surface area contributed by atoms with E-state index in [4.69, 9.17) is 0 Å². The van der Waals surface area contributed by atoms with Crippen LogP contribution in [0.1, 0.15) is 10.4 Å². The van der Waals surface area contributed by atoms with E-state index in [1.807, 2.05) is 0 Å². The van der Waals surface area contributed by atoms with Crippen molar-refractivity contribution in [3.63, 3.8) is 0 Å². The van der Waals surface area contributed by atoms with Crippen molar-refractivity contribution in [2.24, 2.45) is 0 Å². The highest BCUT2D eigenvalue weighted by molar-refractivity contribution is 6.27. The molecule has 0 heterocycles. The minimum atomic E-state index is -5.08. The van der Waals surface area contributed by atoms with E-state index in [-0.39, 0.29) is 5.56 Å². The summed E-state index contributed by atoms with van der Waals surface area (Å²) in [5.41, 5.74) is -0.864. The van der Waals surface area contributed by atoms with Crippen LogP contribution in [0.15, 0.2) is 42.1 Å². The molecule has 0 aliphatic rings. The second-order valence-electron chi connectivity index (χ2n) is 4.03. The molecule has 0 aromatic heterocycles. The lowest BCUT2D eigenvalue weighted by molar-refractivity contribution is -0.166. The number of carbonyl (C=O) groups excluding carboxylic acids is 2. The molecule has 0 aliphatic heterocycles. The number of rotatable bonds is 4. The van der Waals surface area contributed by atoms with Crippen molar-refractivity contribution in [3.05, 3.63) is 47.7 Å². The number of hydrogen-bond acceptors (Lipinski definition) is 3. The molecule has 0 fully saturated rings. The van der Waals surface area contributed by atoms with Gasteiger partial charge in [0.1, 0.15) is 0 Å². The summed E-state index contributed by atoms with van der Waals surface area (Å²) in [6.45, 7) is 0. The Hall–Kier alpha value is -2.11. The lowest BCUT2D eigenvalue weighted by atomic mass is 10.0. The van der Waals surface area contributed by atoms with Gasteiger partial charge in [-0.3, -0.25) is 9.59 Å². The third kappa shape index (κ3) is 3.94. The van der Waals surface area contributed by atoms with Crippen LogP contribution in [0, 0.1) is 0 Å². The SMILES string of the molecule is CN(C)C=C(C(=O)c1ccccc1)C(=O)C(F)(F)F. The van der Waals surface area contributed by atoms with Crippen molar-refractivity contribution < 1.29 is 22.8 Å². The summed E-state index contributed by atoms with van der Waals surface area (Å²) in [6, 6.07) is 7.36. The highest BCUT2D eigenvalue weighted by atomic mass is 19.4. The van der Waals surface area contributed by atoms with Gasteiger partial charge in [-0.05, 0) is 0 Å². The van der Waals surface area contributed by atoms with Crippen LogP contribution < -0.4 is 0 Å². The average Bonchev–Trinajstić information content (AvgIpc) is 2.34. The minimum absolute atomic E-state index is 0.0354. The lowest BCUT2D eigenvalue weighted by Gasteiger charge is -2.12. The van der Waals surface area contributed by atoms with E-state index in [0.717, 1.165) is 6.20 Å². The molecule has 0 saturated carbocycles. The van der Waals surface area contributed by atoms with Crippen molar-refractivity contribution in [1.82, 2.24) is 4.90 Å². The third-order valence-electron chi connectivity index (χ3n) is 2.17. The number of ketones is 2. The predicted molar refractivity (Wildman–Crippen MR) is 63.6 cm³/mol. The number of halogens is 3. The molecule has 0 N–H and O–H groups in total. The Bertz CT molecular complexity index is 504. The molecular weight excluding hydrogens is 259 g/mol. The van der Waals surface area contributed by atoms with Gasteiger partial charge in [0.15, 0.2) is 5.78 Å².